The molecule has 0 atom stereocenters. The first-order valence-electron chi connectivity index (χ1n) is 12.0. The molecule has 0 aromatic heterocycles. The highest BCUT2D eigenvalue weighted by Crippen LogP contribution is 2.18. The van der Waals surface area contributed by atoms with Crippen molar-refractivity contribution in [2.24, 2.45) is 0 Å². The van der Waals surface area contributed by atoms with Crippen LogP contribution in [0.3, 0.4) is 0 Å². The van der Waals surface area contributed by atoms with E-state index in [2.05, 4.69) is 95.9 Å². The highest BCUT2D eigenvalue weighted by atomic mass is 14.8. The molecule has 0 radical (unpaired) electrons. The van der Waals surface area contributed by atoms with Crippen molar-refractivity contribution in [2.45, 2.75) is 88.6 Å². The summed E-state index contributed by atoms with van der Waals surface area (Å²) in [6, 6.07) is 15.0. The van der Waals surface area contributed by atoms with Gasteiger partial charge in [0.15, 0.2) is 0 Å². The van der Waals surface area contributed by atoms with E-state index in [1.807, 2.05) is 33.8 Å². The summed E-state index contributed by atoms with van der Waals surface area (Å²) in [5, 5.41) is 3.45. The molecule has 1 heteroatoms. The van der Waals surface area contributed by atoms with Gasteiger partial charge in [0.1, 0.15) is 0 Å². The molecule has 31 heavy (non-hydrogen) atoms. The van der Waals surface area contributed by atoms with E-state index in [0.717, 1.165) is 18.7 Å². The monoisotopic (exact) mass is 423 g/mol. The van der Waals surface area contributed by atoms with Gasteiger partial charge in [-0.1, -0.05) is 102 Å². The lowest BCUT2D eigenvalue weighted by Crippen LogP contribution is -2.14. The molecule has 0 heterocycles. The van der Waals surface area contributed by atoms with E-state index >= 15 is 0 Å². The van der Waals surface area contributed by atoms with Crippen LogP contribution in [-0.2, 0) is 6.54 Å². The maximum atomic E-state index is 4.05. The largest absolute Gasteiger partial charge is 0.313 e. The quantitative estimate of drug-likeness (QED) is 0.345. The lowest BCUT2D eigenvalue weighted by Gasteiger charge is -2.06. The summed E-state index contributed by atoms with van der Waals surface area (Å²) in [7, 11) is 0. The molecule has 1 N–H and O–H groups in total. The standard InChI is InChI=1S/C13H21N.C13H16.2C2H6/c1-4-5-8-14-10-13-7-6-11(2)12(3)9-13;1-10(2)9-12(4)13-8-6-5-7-11(13)3;2*1-2/h6-7,9,14H,4-5,8,10H2,1-3H3;5-9H,4H2,1-3H3;2*1-2H3. The van der Waals surface area contributed by atoms with Gasteiger partial charge in [-0.15, -0.1) is 0 Å². The Balaban J connectivity index is 0. The fourth-order valence-electron chi connectivity index (χ4n) is 2.81. The van der Waals surface area contributed by atoms with Gasteiger partial charge in [-0.05, 0) is 81.0 Å². The minimum atomic E-state index is 1.00. The molecule has 174 valence electrons. The summed E-state index contributed by atoms with van der Waals surface area (Å²) in [6.07, 6.45) is 4.65. The van der Waals surface area contributed by atoms with E-state index in [1.54, 1.807) is 0 Å². The van der Waals surface area contributed by atoms with Crippen molar-refractivity contribution in [2.75, 3.05) is 6.54 Å². The van der Waals surface area contributed by atoms with Gasteiger partial charge in [0.2, 0.25) is 0 Å². The Labute approximate surface area is 194 Å². The number of nitrogens with one attached hydrogen (secondary N) is 1. The summed E-state index contributed by atoms with van der Waals surface area (Å²) in [4.78, 5) is 0. The molecule has 0 aliphatic carbocycles. The van der Waals surface area contributed by atoms with E-state index in [-0.39, 0.29) is 0 Å². The van der Waals surface area contributed by atoms with Gasteiger partial charge in [-0.2, -0.15) is 0 Å². The highest BCUT2D eigenvalue weighted by molar-refractivity contribution is 5.74. The summed E-state index contributed by atoms with van der Waals surface area (Å²) in [5.41, 5.74) is 9.06. The summed E-state index contributed by atoms with van der Waals surface area (Å²) < 4.78 is 0. The smallest absolute Gasteiger partial charge is 0.0205 e. The predicted molar refractivity (Wildman–Crippen MR) is 145 cm³/mol. The topological polar surface area (TPSA) is 12.0 Å². The van der Waals surface area contributed by atoms with Crippen LogP contribution in [0.2, 0.25) is 0 Å². The molecule has 0 aliphatic rings. The van der Waals surface area contributed by atoms with Gasteiger partial charge in [0.25, 0.3) is 0 Å². The summed E-state index contributed by atoms with van der Waals surface area (Å²) >= 11 is 0. The van der Waals surface area contributed by atoms with Crippen LogP contribution in [0.5, 0.6) is 0 Å². The SMILES string of the molecule is C=C(C=C(C)C)c1ccccc1C.CC.CC.CCCCNCc1ccc(C)c(C)c1. The number of benzene rings is 2. The molecule has 1 nitrogen and oxygen atoms in total. The van der Waals surface area contributed by atoms with Crippen LogP contribution in [0.15, 0.2) is 60.7 Å². The molecule has 2 rings (SSSR count). The molecule has 0 bridgehead atoms. The molecule has 0 fully saturated rings. The average Bonchev–Trinajstić information content (AvgIpc) is 2.77. The fourth-order valence-corrected chi connectivity index (χ4v) is 2.81. The summed E-state index contributed by atoms with van der Waals surface area (Å²) in [5.74, 6) is 0. The molecule has 0 saturated heterocycles. The number of hydrogen-bond donors (Lipinski definition) is 1. The normalized spacial score (nSPS) is 9.10. The van der Waals surface area contributed by atoms with Crippen molar-refractivity contribution in [3.8, 4) is 0 Å². The lowest BCUT2D eigenvalue weighted by molar-refractivity contribution is 0.641. The average molecular weight is 424 g/mol. The number of unbranched alkanes of at least 4 members (excludes halogenated alkanes) is 1. The maximum absolute atomic E-state index is 4.05. The minimum absolute atomic E-state index is 1.00. The van der Waals surface area contributed by atoms with Crippen LogP contribution in [0.25, 0.3) is 5.57 Å². The molecule has 0 spiro atoms. The highest BCUT2D eigenvalue weighted by Gasteiger charge is 1.98. The van der Waals surface area contributed by atoms with Crippen molar-refractivity contribution in [1.29, 1.82) is 0 Å². The van der Waals surface area contributed by atoms with Gasteiger partial charge >= 0.3 is 0 Å². The van der Waals surface area contributed by atoms with E-state index in [0.29, 0.717) is 0 Å². The molecular formula is C30H49N. The third kappa shape index (κ3) is 14.5. The van der Waals surface area contributed by atoms with E-state index in [4.69, 9.17) is 0 Å². The number of aryl methyl sites for hydroxylation is 3. The zero-order valence-electron chi connectivity index (χ0n) is 22.2. The second-order valence-electron chi connectivity index (χ2n) is 7.51. The van der Waals surface area contributed by atoms with Gasteiger partial charge in [-0.3, -0.25) is 0 Å². The summed E-state index contributed by atoms with van der Waals surface area (Å²) in [6.45, 7) is 27.0. The molecule has 2 aromatic carbocycles. The number of allylic oxidation sites excluding steroid dienone is 3. The third-order valence-electron chi connectivity index (χ3n) is 4.56. The van der Waals surface area contributed by atoms with Gasteiger partial charge < -0.3 is 5.32 Å². The second kappa shape index (κ2) is 19.8. The van der Waals surface area contributed by atoms with E-state index < -0.39 is 0 Å². The molecule has 0 aliphatic heterocycles. The lowest BCUT2D eigenvalue weighted by atomic mass is 10.0. The second-order valence-corrected chi connectivity index (χ2v) is 7.51. The van der Waals surface area contributed by atoms with Crippen molar-refractivity contribution >= 4 is 5.57 Å². The Morgan fingerprint density at radius 2 is 1.48 bits per heavy atom. The first-order valence-corrected chi connectivity index (χ1v) is 12.0. The zero-order valence-corrected chi connectivity index (χ0v) is 22.2. The van der Waals surface area contributed by atoms with Crippen LogP contribution in [0.4, 0.5) is 0 Å². The Hall–Kier alpha value is -2.12. The van der Waals surface area contributed by atoms with E-state index in [9.17, 15) is 0 Å². The zero-order chi connectivity index (χ0) is 24.2. The Bertz CT molecular complexity index is 749. The third-order valence-corrected chi connectivity index (χ3v) is 4.56. The molecule has 2 aromatic rings. The van der Waals surface area contributed by atoms with Gasteiger partial charge in [0.05, 0.1) is 0 Å². The van der Waals surface area contributed by atoms with Crippen molar-refractivity contribution < 1.29 is 0 Å². The first-order chi connectivity index (χ1) is 14.8. The molecule has 0 saturated carbocycles. The van der Waals surface area contributed by atoms with Gasteiger partial charge in [0, 0.05) is 6.54 Å². The number of hydrogen-bond acceptors (Lipinski definition) is 1. The fraction of sp³-hybridized carbons (Fsp3) is 0.467. The molecule has 0 unspecified atom stereocenters. The van der Waals surface area contributed by atoms with Gasteiger partial charge in [-0.25, -0.2) is 0 Å². The number of rotatable bonds is 7. The minimum Gasteiger partial charge on any atom is -0.313 e. The van der Waals surface area contributed by atoms with Crippen LogP contribution >= 0.6 is 0 Å². The maximum Gasteiger partial charge on any atom is 0.0205 e. The van der Waals surface area contributed by atoms with Crippen molar-refractivity contribution in [3.05, 3.63) is 88.5 Å². The first kappa shape index (κ1) is 31.1. The van der Waals surface area contributed by atoms with Crippen LogP contribution in [0.1, 0.15) is 89.1 Å². The Kier molecular flexibility index (Phi) is 19.9. The molecular weight excluding hydrogens is 374 g/mol. The van der Waals surface area contributed by atoms with Crippen LogP contribution in [0, 0.1) is 20.8 Å². The Morgan fingerprint density at radius 3 is 2.00 bits per heavy atom. The van der Waals surface area contributed by atoms with Crippen LogP contribution in [-0.4, -0.2) is 6.54 Å². The van der Waals surface area contributed by atoms with Crippen LogP contribution < -0.4 is 5.32 Å². The molecule has 0 amide bonds. The van der Waals surface area contributed by atoms with Crippen molar-refractivity contribution in [1.82, 2.24) is 5.32 Å². The van der Waals surface area contributed by atoms with Crippen molar-refractivity contribution in [3.63, 3.8) is 0 Å². The predicted octanol–water partition coefficient (Wildman–Crippen LogP) is 9.22. The van der Waals surface area contributed by atoms with E-state index in [1.165, 1.54) is 46.2 Å². The Morgan fingerprint density at radius 1 is 0.871 bits per heavy atom.